The summed E-state index contributed by atoms with van der Waals surface area (Å²) in [5.74, 6) is 0. The van der Waals surface area contributed by atoms with Crippen molar-refractivity contribution in [2.24, 2.45) is 5.73 Å². The Bertz CT molecular complexity index is 11.6. The zero-order valence-electron chi connectivity index (χ0n) is 3.15. The average Bonchev–Trinajstić information content (AvgIpc) is 0.811. The van der Waals surface area contributed by atoms with E-state index in [9.17, 15) is 0 Å². The molecule has 0 aliphatic carbocycles. The Kier molecular flexibility index (Phi) is 7.38. The minimum absolute atomic E-state index is 0. The standard InChI is InChI=1S/C3H9N.Be.2H/c1-3(2)4;;;/h3H,4H2,1-2H3;;;. The van der Waals surface area contributed by atoms with Crippen LogP contribution in [-0.4, -0.2) is 16.2 Å². The first-order valence-electron chi connectivity index (χ1n) is 1.49. The first-order valence-corrected chi connectivity index (χ1v) is 1.49. The number of nitrogens with two attached hydrogens (primary N) is 1. The van der Waals surface area contributed by atoms with Gasteiger partial charge in [0.1, 0.15) is 0 Å². The fourth-order valence-corrected chi connectivity index (χ4v) is 0. The van der Waals surface area contributed by atoms with Crippen molar-refractivity contribution >= 4 is 10.1 Å². The first-order chi connectivity index (χ1) is 1.73. The molecule has 1 nitrogen and oxygen atoms in total. The monoisotopic (exact) mass is 70.1 g/mol. The molecular formula is C3H11BeN. The van der Waals surface area contributed by atoms with E-state index in [4.69, 9.17) is 5.73 Å². The molecule has 5 heavy (non-hydrogen) atoms. The SMILES string of the molecule is CC(C)N.[BeH2]. The molecule has 0 bridgehead atoms. The van der Waals surface area contributed by atoms with Crippen molar-refractivity contribution in [1.29, 1.82) is 0 Å². The number of hydrogen-bond donors (Lipinski definition) is 1. The normalized spacial score (nSPS) is 7.20. The Balaban J connectivity index is 0. The van der Waals surface area contributed by atoms with Crippen molar-refractivity contribution in [2.75, 3.05) is 0 Å². The van der Waals surface area contributed by atoms with Gasteiger partial charge in [0, 0.05) is 0 Å². The first kappa shape index (κ1) is 8.93. The summed E-state index contributed by atoms with van der Waals surface area (Å²) in [6, 6.07) is 0.333. The van der Waals surface area contributed by atoms with Crippen LogP contribution < -0.4 is 5.73 Å². The maximum atomic E-state index is 5.11. The zero-order valence-corrected chi connectivity index (χ0v) is 3.15. The van der Waals surface area contributed by atoms with Gasteiger partial charge in [-0.05, 0) is 6.04 Å². The fourth-order valence-electron chi connectivity index (χ4n) is 0. The second-order valence-corrected chi connectivity index (χ2v) is 1.24. The molecule has 0 rings (SSSR count). The topological polar surface area (TPSA) is 26.0 Å². The van der Waals surface area contributed by atoms with Crippen molar-refractivity contribution in [3.05, 3.63) is 0 Å². The summed E-state index contributed by atoms with van der Waals surface area (Å²) in [5.41, 5.74) is 5.11. The van der Waals surface area contributed by atoms with Crippen molar-refractivity contribution in [3.8, 4) is 0 Å². The van der Waals surface area contributed by atoms with Crippen LogP contribution in [0.25, 0.3) is 0 Å². The van der Waals surface area contributed by atoms with Crippen LogP contribution >= 0.6 is 0 Å². The van der Waals surface area contributed by atoms with Gasteiger partial charge in [-0.25, -0.2) is 0 Å². The third kappa shape index (κ3) is 1130. The van der Waals surface area contributed by atoms with Crippen LogP contribution in [0.15, 0.2) is 0 Å². The Hall–Kier alpha value is 0.129. The van der Waals surface area contributed by atoms with E-state index >= 15 is 0 Å². The second kappa shape index (κ2) is 4.13. The van der Waals surface area contributed by atoms with Gasteiger partial charge in [0.2, 0.25) is 0 Å². The Morgan fingerprint density at radius 2 is 1.40 bits per heavy atom. The molecule has 0 aliphatic heterocycles. The van der Waals surface area contributed by atoms with E-state index in [1.54, 1.807) is 0 Å². The van der Waals surface area contributed by atoms with E-state index in [1.807, 2.05) is 13.8 Å². The molecule has 30 valence electrons. The summed E-state index contributed by atoms with van der Waals surface area (Å²) < 4.78 is 0. The van der Waals surface area contributed by atoms with E-state index in [2.05, 4.69) is 0 Å². The summed E-state index contributed by atoms with van der Waals surface area (Å²) in [4.78, 5) is 0. The van der Waals surface area contributed by atoms with Crippen LogP contribution in [0.5, 0.6) is 0 Å². The molecule has 2 N–H and O–H groups in total. The molecule has 0 saturated carbocycles. The molecule has 0 fully saturated rings. The predicted molar refractivity (Wildman–Crippen MR) is 27.9 cm³/mol. The van der Waals surface area contributed by atoms with Gasteiger partial charge in [-0.2, -0.15) is 0 Å². The van der Waals surface area contributed by atoms with Gasteiger partial charge < -0.3 is 5.73 Å². The summed E-state index contributed by atoms with van der Waals surface area (Å²) in [6.45, 7) is 3.89. The maximum absolute atomic E-state index is 5.11. The number of rotatable bonds is 0. The second-order valence-electron chi connectivity index (χ2n) is 1.24. The van der Waals surface area contributed by atoms with E-state index in [-0.39, 0.29) is 10.1 Å². The third-order valence-electron chi connectivity index (χ3n) is 0. The molecule has 0 aromatic carbocycles. The van der Waals surface area contributed by atoms with Gasteiger partial charge >= 0.3 is 10.1 Å². The molecule has 0 amide bonds. The van der Waals surface area contributed by atoms with Gasteiger partial charge in [-0.3, -0.25) is 0 Å². The molecule has 0 unspecified atom stereocenters. The molecule has 0 heterocycles. The fraction of sp³-hybridized carbons (Fsp3) is 1.00. The van der Waals surface area contributed by atoms with Gasteiger partial charge in [-0.15, -0.1) is 0 Å². The molecular weight excluding hydrogens is 59.1 g/mol. The van der Waals surface area contributed by atoms with E-state index in [0.29, 0.717) is 6.04 Å². The predicted octanol–water partition coefficient (Wildman–Crippen LogP) is -0.563. The molecule has 0 aromatic rings. The van der Waals surface area contributed by atoms with E-state index in [1.165, 1.54) is 0 Å². The van der Waals surface area contributed by atoms with Crippen LogP contribution in [0.4, 0.5) is 0 Å². The molecule has 0 radical (unpaired) electrons. The van der Waals surface area contributed by atoms with Crippen molar-refractivity contribution in [1.82, 2.24) is 0 Å². The molecule has 2 heteroatoms. The van der Waals surface area contributed by atoms with Gasteiger partial charge in [0.15, 0.2) is 0 Å². The van der Waals surface area contributed by atoms with Gasteiger partial charge in [0.25, 0.3) is 0 Å². The molecule has 0 aliphatic rings. The summed E-state index contributed by atoms with van der Waals surface area (Å²) in [7, 11) is 0. The van der Waals surface area contributed by atoms with Gasteiger partial charge in [0.05, 0.1) is 0 Å². The third-order valence-corrected chi connectivity index (χ3v) is 0. The van der Waals surface area contributed by atoms with E-state index < -0.39 is 0 Å². The summed E-state index contributed by atoms with van der Waals surface area (Å²) >= 11 is 0. The minimum atomic E-state index is 0. The molecule has 0 saturated heterocycles. The molecule has 0 spiro atoms. The van der Waals surface area contributed by atoms with Crippen LogP contribution in [0.2, 0.25) is 0 Å². The van der Waals surface area contributed by atoms with Crippen LogP contribution in [-0.2, 0) is 0 Å². The van der Waals surface area contributed by atoms with Crippen LogP contribution in [0, 0.1) is 0 Å². The quantitative estimate of drug-likeness (QED) is 0.380. The molecule has 0 aromatic heterocycles. The zero-order chi connectivity index (χ0) is 3.58. The van der Waals surface area contributed by atoms with Crippen LogP contribution in [0.1, 0.15) is 13.8 Å². The van der Waals surface area contributed by atoms with Crippen molar-refractivity contribution in [2.45, 2.75) is 19.9 Å². The van der Waals surface area contributed by atoms with E-state index in [0.717, 1.165) is 0 Å². The molecule has 0 atom stereocenters. The summed E-state index contributed by atoms with van der Waals surface area (Å²) in [5, 5.41) is 0. The van der Waals surface area contributed by atoms with Crippen LogP contribution in [0.3, 0.4) is 0 Å². The van der Waals surface area contributed by atoms with Crippen molar-refractivity contribution in [3.63, 3.8) is 0 Å². The Morgan fingerprint density at radius 3 is 1.40 bits per heavy atom. The Morgan fingerprint density at radius 1 is 1.40 bits per heavy atom. The average molecular weight is 70.1 g/mol. The number of hydrogen-bond acceptors (Lipinski definition) is 1. The van der Waals surface area contributed by atoms with Crippen molar-refractivity contribution < 1.29 is 0 Å². The van der Waals surface area contributed by atoms with Gasteiger partial charge in [-0.1, -0.05) is 13.8 Å². The Labute approximate surface area is 36.8 Å². The summed E-state index contributed by atoms with van der Waals surface area (Å²) in [6.07, 6.45) is 0.